The molecule has 4 bridgehead atoms. The van der Waals surface area contributed by atoms with Gasteiger partial charge in [-0.15, -0.1) is 0 Å². The topological polar surface area (TPSA) is 58.6 Å². The molecule has 5 rings (SSSR count). The number of phenols is 1. The van der Waals surface area contributed by atoms with Crippen LogP contribution in [0.2, 0.25) is 0 Å². The highest BCUT2D eigenvalue weighted by Crippen LogP contribution is 2.59. The first kappa shape index (κ1) is 15.0. The predicted octanol–water partition coefficient (Wildman–Crippen LogP) is 3.31. The highest BCUT2D eigenvalue weighted by molar-refractivity contribution is 5.89. The van der Waals surface area contributed by atoms with E-state index in [0.717, 1.165) is 24.3 Å². The van der Waals surface area contributed by atoms with Crippen LogP contribution in [0.5, 0.6) is 5.75 Å². The van der Waals surface area contributed by atoms with Gasteiger partial charge in [-0.2, -0.15) is 0 Å². The summed E-state index contributed by atoms with van der Waals surface area (Å²) in [6.07, 6.45) is 8.41. The molecular weight excluding hydrogens is 290 g/mol. The van der Waals surface area contributed by atoms with E-state index in [1.165, 1.54) is 44.6 Å². The second-order valence-corrected chi connectivity index (χ2v) is 7.97. The maximum absolute atomic E-state index is 11.9. The minimum Gasteiger partial charge on any atom is -0.508 e. The summed E-state index contributed by atoms with van der Waals surface area (Å²) in [7, 11) is 0. The van der Waals surface area contributed by atoms with Crippen molar-refractivity contribution in [1.82, 2.24) is 5.32 Å². The molecule has 4 nitrogen and oxygen atoms in total. The Morgan fingerprint density at radius 3 is 2.43 bits per heavy atom. The molecule has 0 aromatic heterocycles. The van der Waals surface area contributed by atoms with Gasteiger partial charge in [0.2, 0.25) is 0 Å². The van der Waals surface area contributed by atoms with E-state index in [0.29, 0.717) is 11.0 Å². The van der Waals surface area contributed by atoms with E-state index >= 15 is 0 Å². The van der Waals surface area contributed by atoms with Crippen molar-refractivity contribution >= 4 is 5.97 Å². The quantitative estimate of drug-likeness (QED) is 0.497. The van der Waals surface area contributed by atoms with Crippen molar-refractivity contribution in [2.75, 3.05) is 13.3 Å². The van der Waals surface area contributed by atoms with E-state index in [1.807, 2.05) is 0 Å². The molecule has 4 heteroatoms. The Bertz CT molecular complexity index is 563. The molecule has 4 aliphatic carbocycles. The summed E-state index contributed by atoms with van der Waals surface area (Å²) >= 11 is 0. The maximum atomic E-state index is 11.9. The summed E-state index contributed by atoms with van der Waals surface area (Å²) in [4.78, 5) is 11.9. The van der Waals surface area contributed by atoms with E-state index in [2.05, 4.69) is 5.32 Å². The van der Waals surface area contributed by atoms with Crippen molar-refractivity contribution in [3.8, 4) is 5.75 Å². The van der Waals surface area contributed by atoms with E-state index in [9.17, 15) is 9.90 Å². The minimum absolute atomic E-state index is 0.0842. The molecule has 4 saturated carbocycles. The molecule has 2 N–H and O–H groups in total. The normalized spacial score (nSPS) is 34.5. The summed E-state index contributed by atoms with van der Waals surface area (Å²) < 4.78 is 5.29. The molecule has 0 saturated heterocycles. The zero-order valence-electron chi connectivity index (χ0n) is 13.5. The zero-order chi connectivity index (χ0) is 15.9. The first-order valence-corrected chi connectivity index (χ1v) is 8.79. The van der Waals surface area contributed by atoms with Crippen LogP contribution in [0.1, 0.15) is 48.9 Å². The van der Waals surface area contributed by atoms with Gasteiger partial charge in [-0.3, -0.25) is 5.32 Å². The highest BCUT2D eigenvalue weighted by Gasteiger charge is 2.50. The smallest absolute Gasteiger partial charge is 0.339 e. The Kier molecular flexibility index (Phi) is 3.80. The molecule has 0 aliphatic heterocycles. The lowest BCUT2D eigenvalue weighted by Crippen LogP contribution is -2.50. The van der Waals surface area contributed by atoms with Crippen LogP contribution < -0.4 is 5.32 Å². The summed E-state index contributed by atoms with van der Waals surface area (Å²) in [6.45, 7) is 1.21. The van der Waals surface area contributed by atoms with Crippen LogP contribution in [-0.2, 0) is 4.74 Å². The van der Waals surface area contributed by atoms with Gasteiger partial charge in [-0.05, 0) is 79.9 Å². The molecule has 23 heavy (non-hydrogen) atoms. The van der Waals surface area contributed by atoms with Gasteiger partial charge < -0.3 is 9.84 Å². The monoisotopic (exact) mass is 315 g/mol. The average Bonchev–Trinajstić information content (AvgIpc) is 2.50. The number of aromatic hydroxyl groups is 1. The van der Waals surface area contributed by atoms with Gasteiger partial charge in [0.25, 0.3) is 0 Å². The van der Waals surface area contributed by atoms with E-state index in [-0.39, 0.29) is 18.4 Å². The molecule has 124 valence electrons. The molecule has 0 atom stereocenters. The van der Waals surface area contributed by atoms with Crippen LogP contribution >= 0.6 is 0 Å². The summed E-state index contributed by atoms with van der Waals surface area (Å²) in [5.74, 6) is 2.52. The van der Waals surface area contributed by atoms with Gasteiger partial charge in [-0.1, -0.05) is 6.07 Å². The third-order valence-electron chi connectivity index (χ3n) is 6.05. The van der Waals surface area contributed by atoms with E-state index in [4.69, 9.17) is 4.74 Å². The number of benzene rings is 1. The molecule has 0 heterocycles. The molecule has 0 unspecified atom stereocenters. The molecule has 0 spiro atoms. The summed E-state index contributed by atoms with van der Waals surface area (Å²) in [5.41, 5.74) is 0.841. The van der Waals surface area contributed by atoms with E-state index in [1.54, 1.807) is 18.2 Å². The Morgan fingerprint density at radius 1 is 1.17 bits per heavy atom. The lowest BCUT2D eigenvalue weighted by Gasteiger charge is -2.57. The number of ether oxygens (including phenoxy) is 1. The number of nitrogens with one attached hydrogen (secondary N) is 1. The molecule has 1 aromatic carbocycles. The van der Waals surface area contributed by atoms with Gasteiger partial charge in [0.15, 0.2) is 0 Å². The Hall–Kier alpha value is -1.55. The van der Waals surface area contributed by atoms with Crippen LogP contribution in [0.15, 0.2) is 24.3 Å². The average molecular weight is 315 g/mol. The van der Waals surface area contributed by atoms with Gasteiger partial charge in [0.05, 0.1) is 5.56 Å². The van der Waals surface area contributed by atoms with Crippen LogP contribution in [-0.4, -0.2) is 24.4 Å². The number of carbonyl (C=O) groups is 1. The number of phenolic OH excluding ortho intramolecular Hbond substituents is 1. The fourth-order valence-corrected chi connectivity index (χ4v) is 5.66. The lowest BCUT2D eigenvalue weighted by molar-refractivity contribution is -0.0541. The second-order valence-electron chi connectivity index (χ2n) is 7.97. The van der Waals surface area contributed by atoms with Crippen molar-refractivity contribution in [3.05, 3.63) is 29.8 Å². The van der Waals surface area contributed by atoms with E-state index < -0.39 is 0 Å². The van der Waals surface area contributed by atoms with Gasteiger partial charge in [0, 0.05) is 6.54 Å². The second kappa shape index (κ2) is 5.82. The SMILES string of the molecule is O=C(OCNCC12CC3CC(CC(C3)C1)C2)c1cccc(O)c1. The number of esters is 1. The summed E-state index contributed by atoms with van der Waals surface area (Å²) in [5, 5.41) is 12.8. The van der Waals surface area contributed by atoms with Crippen molar-refractivity contribution < 1.29 is 14.6 Å². The molecule has 0 radical (unpaired) electrons. The fraction of sp³-hybridized carbons (Fsp3) is 0.632. The number of hydrogen-bond acceptors (Lipinski definition) is 4. The van der Waals surface area contributed by atoms with Crippen LogP contribution in [0.3, 0.4) is 0 Å². The highest BCUT2D eigenvalue weighted by atomic mass is 16.5. The number of hydrogen-bond donors (Lipinski definition) is 2. The first-order chi connectivity index (χ1) is 11.1. The summed E-state index contributed by atoms with van der Waals surface area (Å²) in [6, 6.07) is 6.28. The van der Waals surface area contributed by atoms with Gasteiger partial charge >= 0.3 is 5.97 Å². The Labute approximate surface area is 137 Å². The zero-order valence-corrected chi connectivity index (χ0v) is 13.5. The van der Waals surface area contributed by atoms with Gasteiger partial charge in [-0.25, -0.2) is 4.79 Å². The maximum Gasteiger partial charge on any atom is 0.339 e. The van der Waals surface area contributed by atoms with Crippen molar-refractivity contribution in [1.29, 1.82) is 0 Å². The van der Waals surface area contributed by atoms with Crippen molar-refractivity contribution in [3.63, 3.8) is 0 Å². The van der Waals surface area contributed by atoms with Crippen molar-refractivity contribution in [2.24, 2.45) is 23.2 Å². The van der Waals surface area contributed by atoms with Crippen LogP contribution in [0.25, 0.3) is 0 Å². The molecule has 4 fully saturated rings. The number of rotatable bonds is 5. The lowest BCUT2D eigenvalue weighted by atomic mass is 9.49. The number of carbonyl (C=O) groups excluding carboxylic acids is 1. The third kappa shape index (κ3) is 3.09. The standard InChI is InChI=1S/C19H25NO3/c21-17-3-1-2-16(7-17)18(22)23-12-20-11-19-8-13-4-14(9-19)6-15(5-13)10-19/h1-3,7,13-15,20-21H,4-6,8-12H2. The molecule has 0 amide bonds. The molecule has 4 aliphatic rings. The third-order valence-corrected chi connectivity index (χ3v) is 6.05. The first-order valence-electron chi connectivity index (χ1n) is 8.79. The predicted molar refractivity (Wildman–Crippen MR) is 87.0 cm³/mol. The Balaban J connectivity index is 1.27. The molecule has 1 aromatic rings. The molecular formula is C19H25NO3. The Morgan fingerprint density at radius 2 is 1.83 bits per heavy atom. The van der Waals surface area contributed by atoms with Crippen LogP contribution in [0, 0.1) is 23.2 Å². The van der Waals surface area contributed by atoms with Crippen LogP contribution in [0.4, 0.5) is 0 Å². The largest absolute Gasteiger partial charge is 0.508 e. The minimum atomic E-state index is -0.390. The van der Waals surface area contributed by atoms with Crippen molar-refractivity contribution in [2.45, 2.75) is 38.5 Å². The van der Waals surface area contributed by atoms with Gasteiger partial charge in [0.1, 0.15) is 12.5 Å². The fourth-order valence-electron chi connectivity index (χ4n) is 5.66.